The van der Waals surface area contributed by atoms with Crippen molar-refractivity contribution in [3.63, 3.8) is 0 Å². The predicted molar refractivity (Wildman–Crippen MR) is 139 cm³/mol. The maximum Gasteiger partial charge on any atom is 0.328 e. The zero-order chi connectivity index (χ0) is 24.7. The molecule has 36 heavy (non-hydrogen) atoms. The third-order valence-electron chi connectivity index (χ3n) is 8.55. The second-order valence-electron chi connectivity index (χ2n) is 11.1. The van der Waals surface area contributed by atoms with Crippen LogP contribution < -0.4 is 4.74 Å². The average molecular weight is 483 g/mol. The van der Waals surface area contributed by atoms with E-state index < -0.39 is 5.97 Å². The van der Waals surface area contributed by atoms with Crippen molar-refractivity contribution in [1.82, 2.24) is 0 Å². The van der Waals surface area contributed by atoms with E-state index in [4.69, 9.17) is 9.84 Å². The summed E-state index contributed by atoms with van der Waals surface area (Å²) < 4.78 is 21.5. The normalized spacial score (nSPS) is 26.4. The summed E-state index contributed by atoms with van der Waals surface area (Å²) in [4.78, 5) is 11.0. The molecule has 0 unspecified atom stereocenters. The molecule has 0 aromatic heterocycles. The SMILES string of the molecule is O=C(O)C=Cc1ccc(F)c(-c2ccc(OCc3ccccc3)c(C34CC5CC(CC(C5)C3)C4)c2)c1. The standard InChI is InChI=1S/C32H31FO3/c33-29-9-6-21(7-11-31(34)35)15-27(29)26-8-10-30(36-20-22-4-2-1-3-5-22)28(16-26)32-17-23-12-24(18-32)14-25(13-23)19-32/h1-11,15-16,23-25H,12-14,17-20H2,(H,34,35). The van der Waals surface area contributed by atoms with Gasteiger partial charge in [0.05, 0.1) is 0 Å². The van der Waals surface area contributed by atoms with Crippen LogP contribution in [0.4, 0.5) is 4.39 Å². The van der Waals surface area contributed by atoms with Crippen LogP contribution in [-0.2, 0) is 16.8 Å². The Morgan fingerprint density at radius 1 is 0.944 bits per heavy atom. The molecule has 0 radical (unpaired) electrons. The van der Waals surface area contributed by atoms with Gasteiger partial charge in [0.2, 0.25) is 0 Å². The maximum absolute atomic E-state index is 15.0. The van der Waals surface area contributed by atoms with Crippen LogP contribution in [0.1, 0.15) is 55.2 Å². The van der Waals surface area contributed by atoms with Gasteiger partial charge < -0.3 is 9.84 Å². The summed E-state index contributed by atoms with van der Waals surface area (Å²) >= 11 is 0. The number of hydrogen-bond donors (Lipinski definition) is 1. The van der Waals surface area contributed by atoms with E-state index in [9.17, 15) is 4.79 Å². The van der Waals surface area contributed by atoms with Crippen LogP contribution in [-0.4, -0.2) is 11.1 Å². The largest absolute Gasteiger partial charge is 0.489 e. The zero-order valence-corrected chi connectivity index (χ0v) is 20.3. The molecule has 4 heteroatoms. The number of carboxylic acid groups (broad SMARTS) is 1. The Bertz CT molecular complexity index is 1270. The van der Waals surface area contributed by atoms with Crippen molar-refractivity contribution < 1.29 is 19.0 Å². The highest BCUT2D eigenvalue weighted by molar-refractivity contribution is 5.85. The maximum atomic E-state index is 15.0. The lowest BCUT2D eigenvalue weighted by atomic mass is 9.48. The minimum atomic E-state index is -1.02. The number of carbonyl (C=O) groups is 1. The molecule has 3 aromatic carbocycles. The van der Waals surface area contributed by atoms with E-state index in [0.717, 1.165) is 40.7 Å². The minimum Gasteiger partial charge on any atom is -0.489 e. The number of rotatable bonds is 7. The van der Waals surface area contributed by atoms with E-state index >= 15 is 4.39 Å². The lowest BCUT2D eigenvalue weighted by Crippen LogP contribution is -2.48. The van der Waals surface area contributed by atoms with Crippen molar-refractivity contribution in [2.45, 2.75) is 50.5 Å². The molecule has 4 fully saturated rings. The van der Waals surface area contributed by atoms with Crippen molar-refractivity contribution in [1.29, 1.82) is 0 Å². The summed E-state index contributed by atoms with van der Waals surface area (Å²) in [6.07, 6.45) is 10.2. The van der Waals surface area contributed by atoms with Gasteiger partial charge in [0.25, 0.3) is 0 Å². The molecule has 3 nitrogen and oxygen atoms in total. The molecule has 0 atom stereocenters. The van der Waals surface area contributed by atoms with Gasteiger partial charge in [-0.2, -0.15) is 0 Å². The molecule has 0 heterocycles. The van der Waals surface area contributed by atoms with Crippen LogP contribution in [0.5, 0.6) is 5.75 Å². The lowest BCUT2D eigenvalue weighted by Gasteiger charge is -2.57. The Labute approximate surface area is 211 Å². The van der Waals surface area contributed by atoms with Gasteiger partial charge in [-0.3, -0.25) is 0 Å². The first kappa shape index (κ1) is 23.0. The fourth-order valence-electron chi connectivity index (χ4n) is 7.45. The van der Waals surface area contributed by atoms with Crippen LogP contribution in [0.15, 0.2) is 72.8 Å². The summed E-state index contributed by atoms with van der Waals surface area (Å²) in [6, 6.07) is 21.1. The summed E-state index contributed by atoms with van der Waals surface area (Å²) in [5.41, 5.74) is 4.41. The summed E-state index contributed by atoms with van der Waals surface area (Å²) in [5.74, 6) is 1.92. The van der Waals surface area contributed by atoms with Gasteiger partial charge in [-0.05, 0) is 109 Å². The van der Waals surface area contributed by atoms with Gasteiger partial charge in [0, 0.05) is 17.2 Å². The second kappa shape index (κ2) is 9.24. The number of benzene rings is 3. The third-order valence-corrected chi connectivity index (χ3v) is 8.55. The lowest BCUT2D eigenvalue weighted by molar-refractivity contribution is -0.131. The van der Waals surface area contributed by atoms with Crippen LogP contribution in [0.3, 0.4) is 0 Å². The second-order valence-corrected chi connectivity index (χ2v) is 11.1. The van der Waals surface area contributed by atoms with E-state index in [1.807, 2.05) is 30.3 Å². The quantitative estimate of drug-likeness (QED) is 0.352. The summed E-state index contributed by atoms with van der Waals surface area (Å²) in [7, 11) is 0. The monoisotopic (exact) mass is 482 g/mol. The highest BCUT2D eigenvalue weighted by Crippen LogP contribution is 2.62. The first-order valence-corrected chi connectivity index (χ1v) is 13.0. The molecule has 184 valence electrons. The molecular formula is C32H31FO3. The van der Waals surface area contributed by atoms with Gasteiger partial charge >= 0.3 is 5.97 Å². The fourth-order valence-corrected chi connectivity index (χ4v) is 7.45. The molecule has 7 rings (SSSR count). The molecule has 4 aliphatic rings. The Morgan fingerprint density at radius 2 is 1.64 bits per heavy atom. The number of halogens is 1. The molecule has 0 amide bonds. The van der Waals surface area contributed by atoms with Crippen molar-refractivity contribution in [2.75, 3.05) is 0 Å². The van der Waals surface area contributed by atoms with Crippen molar-refractivity contribution in [3.05, 3.63) is 95.3 Å². The Hall–Kier alpha value is -3.40. The highest BCUT2D eigenvalue weighted by Gasteiger charge is 2.52. The first-order chi connectivity index (χ1) is 17.5. The number of carboxylic acids is 1. The molecule has 4 saturated carbocycles. The molecule has 4 bridgehead atoms. The van der Waals surface area contributed by atoms with Crippen LogP contribution >= 0.6 is 0 Å². The van der Waals surface area contributed by atoms with Gasteiger partial charge in [-0.15, -0.1) is 0 Å². The molecule has 1 N–H and O–H groups in total. The molecule has 0 spiro atoms. The van der Waals surface area contributed by atoms with E-state index in [1.54, 1.807) is 12.1 Å². The molecule has 0 saturated heterocycles. The van der Waals surface area contributed by atoms with Crippen LogP contribution in [0.2, 0.25) is 0 Å². The topological polar surface area (TPSA) is 46.5 Å². The Balaban J connectivity index is 1.41. The average Bonchev–Trinajstić information content (AvgIpc) is 2.87. The minimum absolute atomic E-state index is 0.0913. The molecule has 3 aromatic rings. The van der Waals surface area contributed by atoms with Crippen LogP contribution in [0, 0.1) is 23.6 Å². The van der Waals surface area contributed by atoms with Crippen molar-refractivity contribution in [3.8, 4) is 16.9 Å². The van der Waals surface area contributed by atoms with Gasteiger partial charge in [0.15, 0.2) is 0 Å². The van der Waals surface area contributed by atoms with Gasteiger partial charge in [-0.1, -0.05) is 42.5 Å². The molecular weight excluding hydrogens is 451 g/mol. The van der Waals surface area contributed by atoms with Crippen molar-refractivity contribution >= 4 is 12.0 Å². The first-order valence-electron chi connectivity index (χ1n) is 13.0. The van der Waals surface area contributed by atoms with Gasteiger partial charge in [0.1, 0.15) is 18.2 Å². The predicted octanol–water partition coefficient (Wildman–Crippen LogP) is 7.64. The van der Waals surface area contributed by atoms with E-state index in [0.29, 0.717) is 17.7 Å². The van der Waals surface area contributed by atoms with E-state index in [-0.39, 0.29) is 11.2 Å². The summed E-state index contributed by atoms with van der Waals surface area (Å²) in [5, 5.41) is 8.99. The van der Waals surface area contributed by atoms with E-state index in [2.05, 4.69) is 18.2 Å². The smallest absolute Gasteiger partial charge is 0.328 e. The highest BCUT2D eigenvalue weighted by atomic mass is 19.1. The van der Waals surface area contributed by atoms with Crippen LogP contribution in [0.25, 0.3) is 17.2 Å². The number of aliphatic carboxylic acids is 1. The molecule has 0 aliphatic heterocycles. The molecule has 4 aliphatic carbocycles. The number of hydrogen-bond acceptors (Lipinski definition) is 2. The van der Waals surface area contributed by atoms with Crippen molar-refractivity contribution in [2.24, 2.45) is 17.8 Å². The van der Waals surface area contributed by atoms with E-state index in [1.165, 1.54) is 56.2 Å². The van der Waals surface area contributed by atoms with Gasteiger partial charge in [-0.25, -0.2) is 9.18 Å². The Kier molecular flexibility index (Phi) is 5.91. The third kappa shape index (κ3) is 4.45. The summed E-state index contributed by atoms with van der Waals surface area (Å²) in [6.45, 7) is 0.503. The Morgan fingerprint density at radius 3 is 2.31 bits per heavy atom. The number of ether oxygens (including phenoxy) is 1. The zero-order valence-electron chi connectivity index (χ0n) is 20.3. The fraction of sp³-hybridized carbons (Fsp3) is 0.344.